The lowest BCUT2D eigenvalue weighted by Crippen LogP contribution is -2.30. The van der Waals surface area contributed by atoms with Crippen LogP contribution in [0.25, 0.3) is 0 Å². The van der Waals surface area contributed by atoms with Gasteiger partial charge in [0.2, 0.25) is 0 Å². The van der Waals surface area contributed by atoms with Crippen molar-refractivity contribution in [1.82, 2.24) is 0 Å². The number of carbonyl (C=O) groups is 1. The number of hydrogen-bond acceptors (Lipinski definition) is 3. The van der Waals surface area contributed by atoms with Gasteiger partial charge in [-0.15, -0.1) is 0 Å². The minimum atomic E-state index is -1.03. The van der Waals surface area contributed by atoms with Crippen molar-refractivity contribution in [3.8, 4) is 0 Å². The van der Waals surface area contributed by atoms with Crippen LogP contribution in [0.2, 0.25) is 10.0 Å². The highest BCUT2D eigenvalue weighted by molar-refractivity contribution is 6.35. The number of esters is 1. The molecule has 0 heterocycles. The minimum absolute atomic E-state index is 0.329. The van der Waals surface area contributed by atoms with Crippen LogP contribution < -0.4 is 0 Å². The quantitative estimate of drug-likeness (QED) is 0.858. The van der Waals surface area contributed by atoms with Crippen molar-refractivity contribution in [2.75, 3.05) is 0 Å². The van der Waals surface area contributed by atoms with Crippen LogP contribution in [0.3, 0.4) is 0 Å². The summed E-state index contributed by atoms with van der Waals surface area (Å²) in [4.78, 5) is 11.9. The van der Waals surface area contributed by atoms with E-state index in [0.717, 1.165) is 0 Å². The molecular formula is C14H18Cl2O3. The lowest BCUT2D eigenvalue weighted by molar-refractivity contribution is -0.163. The van der Waals surface area contributed by atoms with Crippen LogP contribution in [0.4, 0.5) is 0 Å². The number of benzene rings is 1. The van der Waals surface area contributed by atoms with E-state index in [1.165, 1.54) is 6.07 Å². The van der Waals surface area contributed by atoms with E-state index in [2.05, 4.69) is 0 Å². The van der Waals surface area contributed by atoms with Gasteiger partial charge in [-0.05, 0) is 39.8 Å². The third kappa shape index (κ3) is 4.68. The summed E-state index contributed by atoms with van der Waals surface area (Å²) >= 11 is 11.8. The molecule has 1 N–H and O–H groups in total. The minimum Gasteiger partial charge on any atom is -0.460 e. The first-order valence-corrected chi connectivity index (χ1v) is 6.73. The van der Waals surface area contributed by atoms with Gasteiger partial charge in [0, 0.05) is 15.6 Å². The summed E-state index contributed by atoms with van der Waals surface area (Å²) in [6.45, 7) is 6.93. The number of aliphatic hydroxyl groups excluding tert-OH is 1. The van der Waals surface area contributed by atoms with E-state index in [0.29, 0.717) is 15.6 Å². The van der Waals surface area contributed by atoms with Gasteiger partial charge in [-0.25, -0.2) is 0 Å². The Bertz CT molecular complexity index is 466. The smallest absolute Gasteiger partial charge is 0.312 e. The summed E-state index contributed by atoms with van der Waals surface area (Å²) < 4.78 is 5.24. The van der Waals surface area contributed by atoms with Gasteiger partial charge in [-0.3, -0.25) is 4.79 Å². The fourth-order valence-electron chi connectivity index (χ4n) is 1.53. The summed E-state index contributed by atoms with van der Waals surface area (Å²) in [5.41, 5.74) is -0.126. The maximum Gasteiger partial charge on any atom is 0.312 e. The third-order valence-corrected chi connectivity index (χ3v) is 3.10. The second-order valence-corrected chi connectivity index (χ2v) is 6.28. The summed E-state index contributed by atoms with van der Waals surface area (Å²) in [7, 11) is 0. The van der Waals surface area contributed by atoms with Crippen LogP contribution >= 0.6 is 23.2 Å². The van der Waals surface area contributed by atoms with Crippen LogP contribution in [0.1, 0.15) is 39.4 Å². The molecule has 19 heavy (non-hydrogen) atoms. The Morgan fingerprint density at radius 1 is 1.32 bits per heavy atom. The summed E-state index contributed by atoms with van der Waals surface area (Å²) in [5.74, 6) is -1.18. The molecule has 5 heteroatoms. The molecule has 0 spiro atoms. The van der Waals surface area contributed by atoms with Gasteiger partial charge in [0.15, 0.2) is 0 Å². The highest BCUT2D eigenvalue weighted by Gasteiger charge is 2.29. The standard InChI is InChI=1S/C14H18Cl2O3/c1-8(13(18)19-14(2,3)4)12(17)10-6-5-9(15)7-11(10)16/h5-8,12,17H,1-4H3. The first-order chi connectivity index (χ1) is 8.61. The second kappa shape index (κ2) is 6.12. The van der Waals surface area contributed by atoms with E-state index in [1.807, 2.05) is 0 Å². The molecule has 1 aromatic carbocycles. The van der Waals surface area contributed by atoms with Crippen molar-refractivity contribution in [2.45, 2.75) is 39.4 Å². The molecule has 106 valence electrons. The Morgan fingerprint density at radius 3 is 2.37 bits per heavy atom. The lowest BCUT2D eigenvalue weighted by atomic mass is 9.97. The predicted octanol–water partition coefficient (Wildman–Crippen LogP) is 4.00. The van der Waals surface area contributed by atoms with Crippen LogP contribution in [-0.2, 0) is 9.53 Å². The van der Waals surface area contributed by atoms with E-state index >= 15 is 0 Å². The van der Waals surface area contributed by atoms with E-state index in [1.54, 1.807) is 39.8 Å². The maximum absolute atomic E-state index is 11.9. The fourth-order valence-corrected chi connectivity index (χ4v) is 2.05. The van der Waals surface area contributed by atoms with Crippen molar-refractivity contribution < 1.29 is 14.6 Å². The SMILES string of the molecule is CC(C(=O)OC(C)(C)C)C(O)c1ccc(Cl)cc1Cl. The van der Waals surface area contributed by atoms with Gasteiger partial charge < -0.3 is 9.84 Å². The Hall–Kier alpha value is -0.770. The number of halogens is 2. The molecule has 0 aromatic heterocycles. The molecule has 0 aliphatic heterocycles. The molecule has 0 bridgehead atoms. The van der Waals surface area contributed by atoms with Crippen molar-refractivity contribution in [3.63, 3.8) is 0 Å². The molecule has 0 radical (unpaired) electrons. The van der Waals surface area contributed by atoms with Crippen LogP contribution in [-0.4, -0.2) is 16.7 Å². The van der Waals surface area contributed by atoms with Gasteiger partial charge in [-0.1, -0.05) is 29.3 Å². The number of aliphatic hydroxyl groups is 1. The van der Waals surface area contributed by atoms with Crippen molar-refractivity contribution >= 4 is 29.2 Å². The zero-order valence-corrected chi connectivity index (χ0v) is 12.9. The molecule has 1 rings (SSSR count). The zero-order chi connectivity index (χ0) is 14.8. The highest BCUT2D eigenvalue weighted by Crippen LogP contribution is 2.31. The maximum atomic E-state index is 11.9. The summed E-state index contributed by atoms with van der Waals surface area (Å²) in [6, 6.07) is 4.76. The molecule has 0 fully saturated rings. The first kappa shape index (κ1) is 16.3. The topological polar surface area (TPSA) is 46.5 Å². The van der Waals surface area contributed by atoms with Crippen molar-refractivity contribution in [1.29, 1.82) is 0 Å². The summed E-state index contributed by atoms with van der Waals surface area (Å²) in [6.07, 6.45) is -1.03. The lowest BCUT2D eigenvalue weighted by Gasteiger charge is -2.25. The van der Waals surface area contributed by atoms with E-state index < -0.39 is 23.6 Å². The van der Waals surface area contributed by atoms with Crippen LogP contribution in [0.15, 0.2) is 18.2 Å². The normalized spacial score (nSPS) is 14.9. The molecule has 0 aliphatic rings. The number of rotatable bonds is 3. The van der Waals surface area contributed by atoms with E-state index in [9.17, 15) is 9.90 Å². The monoisotopic (exact) mass is 304 g/mol. The zero-order valence-electron chi connectivity index (χ0n) is 11.4. The van der Waals surface area contributed by atoms with Crippen molar-refractivity contribution in [3.05, 3.63) is 33.8 Å². The number of ether oxygens (including phenoxy) is 1. The predicted molar refractivity (Wildman–Crippen MR) is 76.4 cm³/mol. The van der Waals surface area contributed by atoms with Crippen molar-refractivity contribution in [2.24, 2.45) is 5.92 Å². The van der Waals surface area contributed by atoms with Crippen LogP contribution in [0, 0.1) is 5.92 Å². The van der Waals surface area contributed by atoms with Gasteiger partial charge >= 0.3 is 5.97 Å². The number of hydrogen-bond donors (Lipinski definition) is 1. The molecular weight excluding hydrogens is 287 g/mol. The van der Waals surface area contributed by atoms with Gasteiger partial charge in [-0.2, -0.15) is 0 Å². The molecule has 0 saturated heterocycles. The molecule has 2 atom stereocenters. The first-order valence-electron chi connectivity index (χ1n) is 5.97. The average Bonchev–Trinajstić information content (AvgIpc) is 2.24. The largest absolute Gasteiger partial charge is 0.460 e. The highest BCUT2D eigenvalue weighted by atomic mass is 35.5. The Labute approximate surface area is 123 Å². The van der Waals surface area contributed by atoms with Gasteiger partial charge in [0.25, 0.3) is 0 Å². The summed E-state index contributed by atoms with van der Waals surface area (Å²) in [5, 5.41) is 11.0. The van der Waals surface area contributed by atoms with E-state index in [4.69, 9.17) is 27.9 Å². The Balaban J connectivity index is 2.87. The molecule has 3 nitrogen and oxygen atoms in total. The Kier molecular flexibility index (Phi) is 5.25. The van der Waals surface area contributed by atoms with Gasteiger partial charge in [0.1, 0.15) is 5.60 Å². The average molecular weight is 305 g/mol. The fraction of sp³-hybridized carbons (Fsp3) is 0.500. The second-order valence-electron chi connectivity index (χ2n) is 5.43. The molecule has 1 aromatic rings. The molecule has 0 amide bonds. The number of carbonyl (C=O) groups excluding carboxylic acids is 1. The molecule has 0 aliphatic carbocycles. The molecule has 2 unspecified atom stereocenters. The Morgan fingerprint density at radius 2 is 1.89 bits per heavy atom. The van der Waals surface area contributed by atoms with Gasteiger partial charge in [0.05, 0.1) is 12.0 Å². The third-order valence-electron chi connectivity index (χ3n) is 2.53. The molecule has 0 saturated carbocycles. The van der Waals surface area contributed by atoms with E-state index in [-0.39, 0.29) is 0 Å². The van der Waals surface area contributed by atoms with Crippen LogP contribution in [0.5, 0.6) is 0 Å².